The molecule has 0 atom stereocenters. The van der Waals surface area contributed by atoms with E-state index in [4.69, 9.17) is 4.74 Å². The maximum absolute atomic E-state index is 13.3. The molecule has 2 aliphatic heterocycles. The molecule has 0 spiro atoms. The monoisotopic (exact) mass is 527 g/mol. The van der Waals surface area contributed by atoms with E-state index in [2.05, 4.69) is 75.4 Å². The zero-order chi connectivity index (χ0) is 23.4. The average Bonchev–Trinajstić information content (AvgIpc) is 3.23. The summed E-state index contributed by atoms with van der Waals surface area (Å²) in [6, 6.07) is 29.3. The number of ether oxygens (including phenoxy) is 1. The SMILES string of the molecule is CCOc1ccccc1N1CCN(CN2CC(c3ccccc3)(c3ccccc3)CC2=O)CC1.Cl.Cl. The van der Waals surface area contributed by atoms with Gasteiger partial charge in [0.25, 0.3) is 0 Å². The van der Waals surface area contributed by atoms with Crippen LogP contribution in [0.4, 0.5) is 5.69 Å². The van der Waals surface area contributed by atoms with Crippen molar-refractivity contribution in [2.45, 2.75) is 18.8 Å². The first-order valence-electron chi connectivity index (χ1n) is 12.3. The number of amides is 1. The minimum atomic E-state index is -0.294. The molecule has 7 heteroatoms. The van der Waals surface area contributed by atoms with E-state index in [9.17, 15) is 4.79 Å². The topological polar surface area (TPSA) is 36.0 Å². The second-order valence-electron chi connectivity index (χ2n) is 9.23. The van der Waals surface area contributed by atoms with Crippen LogP contribution in [0.2, 0.25) is 0 Å². The molecule has 5 rings (SSSR count). The van der Waals surface area contributed by atoms with Crippen LogP contribution in [0.1, 0.15) is 24.5 Å². The molecule has 0 unspecified atom stereocenters. The van der Waals surface area contributed by atoms with Gasteiger partial charge in [0.05, 0.1) is 19.0 Å². The molecule has 0 N–H and O–H groups in total. The molecule has 0 radical (unpaired) electrons. The first-order chi connectivity index (χ1) is 16.7. The molecule has 192 valence electrons. The first-order valence-corrected chi connectivity index (χ1v) is 12.3. The van der Waals surface area contributed by atoms with Gasteiger partial charge >= 0.3 is 0 Å². The molecule has 2 aliphatic rings. The molecule has 5 nitrogen and oxygen atoms in total. The molecule has 36 heavy (non-hydrogen) atoms. The van der Waals surface area contributed by atoms with Gasteiger partial charge in [-0.2, -0.15) is 0 Å². The van der Waals surface area contributed by atoms with E-state index in [1.807, 2.05) is 31.2 Å². The average molecular weight is 529 g/mol. The Morgan fingerprint density at radius 2 is 1.33 bits per heavy atom. The lowest BCUT2D eigenvalue weighted by Crippen LogP contribution is -2.50. The van der Waals surface area contributed by atoms with E-state index in [0.717, 1.165) is 37.6 Å². The highest BCUT2D eigenvalue weighted by Gasteiger charge is 2.46. The summed E-state index contributed by atoms with van der Waals surface area (Å²) >= 11 is 0. The van der Waals surface area contributed by atoms with Crippen LogP contribution in [-0.2, 0) is 10.2 Å². The van der Waals surface area contributed by atoms with Crippen molar-refractivity contribution in [1.29, 1.82) is 0 Å². The number of hydrogen-bond acceptors (Lipinski definition) is 4. The summed E-state index contributed by atoms with van der Waals surface area (Å²) in [4.78, 5) is 20.1. The summed E-state index contributed by atoms with van der Waals surface area (Å²) in [5, 5.41) is 0. The van der Waals surface area contributed by atoms with Gasteiger partial charge < -0.3 is 14.5 Å². The van der Waals surface area contributed by atoms with E-state index in [1.54, 1.807) is 0 Å². The molecule has 0 aliphatic carbocycles. The van der Waals surface area contributed by atoms with Crippen LogP contribution in [0, 0.1) is 0 Å². The van der Waals surface area contributed by atoms with Crippen molar-refractivity contribution in [3.63, 3.8) is 0 Å². The summed E-state index contributed by atoms with van der Waals surface area (Å²) in [6.07, 6.45) is 0.517. The summed E-state index contributed by atoms with van der Waals surface area (Å²) in [5.74, 6) is 1.18. The fraction of sp³-hybridized carbons (Fsp3) is 0.345. The summed E-state index contributed by atoms with van der Waals surface area (Å²) in [6.45, 7) is 7.78. The third kappa shape index (κ3) is 5.64. The second-order valence-corrected chi connectivity index (χ2v) is 9.23. The number of benzene rings is 3. The van der Waals surface area contributed by atoms with Crippen LogP contribution < -0.4 is 9.64 Å². The fourth-order valence-corrected chi connectivity index (χ4v) is 5.40. The van der Waals surface area contributed by atoms with Crippen LogP contribution >= 0.6 is 24.8 Å². The predicted molar refractivity (Wildman–Crippen MR) is 151 cm³/mol. The molecule has 0 aromatic heterocycles. The van der Waals surface area contributed by atoms with Gasteiger partial charge in [-0.1, -0.05) is 72.8 Å². The van der Waals surface area contributed by atoms with Crippen molar-refractivity contribution < 1.29 is 9.53 Å². The molecular weight excluding hydrogens is 493 g/mol. The number of halogens is 2. The molecular formula is C29H35Cl2N3O2. The highest BCUT2D eigenvalue weighted by molar-refractivity contribution is 5.85. The largest absolute Gasteiger partial charge is 0.492 e. The fourth-order valence-electron chi connectivity index (χ4n) is 5.40. The van der Waals surface area contributed by atoms with Gasteiger partial charge in [-0.25, -0.2) is 0 Å². The van der Waals surface area contributed by atoms with Crippen molar-refractivity contribution in [1.82, 2.24) is 9.80 Å². The van der Waals surface area contributed by atoms with Crippen molar-refractivity contribution in [2.24, 2.45) is 0 Å². The lowest BCUT2D eigenvalue weighted by molar-refractivity contribution is -0.129. The minimum Gasteiger partial charge on any atom is -0.492 e. The molecule has 0 saturated carbocycles. The number of rotatable bonds is 7. The third-order valence-electron chi connectivity index (χ3n) is 7.17. The Labute approximate surface area is 226 Å². The maximum atomic E-state index is 13.3. The number of anilines is 1. The second kappa shape index (κ2) is 12.5. The number of para-hydroxylation sites is 2. The van der Waals surface area contributed by atoms with E-state index in [0.29, 0.717) is 26.2 Å². The van der Waals surface area contributed by atoms with Gasteiger partial charge in [0, 0.05) is 44.6 Å². The quantitative estimate of drug-likeness (QED) is 0.421. The minimum absolute atomic E-state index is 0. The summed E-state index contributed by atoms with van der Waals surface area (Å²) in [7, 11) is 0. The number of nitrogens with zero attached hydrogens (tertiary/aromatic N) is 3. The smallest absolute Gasteiger partial charge is 0.224 e. The molecule has 0 bridgehead atoms. The highest BCUT2D eigenvalue weighted by Crippen LogP contribution is 2.41. The number of piperazine rings is 1. The van der Waals surface area contributed by atoms with E-state index in [1.165, 1.54) is 11.1 Å². The lowest BCUT2D eigenvalue weighted by Gasteiger charge is -2.38. The lowest BCUT2D eigenvalue weighted by atomic mass is 9.74. The molecule has 1 amide bonds. The Hall–Kier alpha value is -2.73. The molecule has 3 aromatic rings. The van der Waals surface area contributed by atoms with Crippen LogP contribution in [0.15, 0.2) is 84.9 Å². The van der Waals surface area contributed by atoms with Crippen molar-refractivity contribution in [3.8, 4) is 5.75 Å². The van der Waals surface area contributed by atoms with Gasteiger partial charge in [0.2, 0.25) is 5.91 Å². The predicted octanol–water partition coefficient (Wildman–Crippen LogP) is 5.23. The third-order valence-corrected chi connectivity index (χ3v) is 7.17. The number of carbonyl (C=O) groups excluding carboxylic acids is 1. The van der Waals surface area contributed by atoms with E-state index in [-0.39, 0.29) is 36.1 Å². The number of hydrogen-bond donors (Lipinski definition) is 0. The molecule has 2 fully saturated rings. The standard InChI is InChI=1S/C29H33N3O2.2ClH/c1-2-34-27-16-10-9-15-26(27)31-19-17-30(18-20-31)23-32-22-29(21-28(32)33,24-11-5-3-6-12-24)25-13-7-4-8-14-25;;/h3-16H,2,17-23H2,1H3;2*1H. The van der Waals surface area contributed by atoms with Crippen molar-refractivity contribution in [3.05, 3.63) is 96.1 Å². The first kappa shape index (κ1) is 27.9. The summed E-state index contributed by atoms with van der Waals surface area (Å²) < 4.78 is 5.84. The van der Waals surface area contributed by atoms with Crippen LogP contribution in [-0.4, -0.2) is 61.7 Å². The summed E-state index contributed by atoms with van der Waals surface area (Å²) in [5.41, 5.74) is 3.30. The Morgan fingerprint density at radius 3 is 1.92 bits per heavy atom. The van der Waals surface area contributed by atoms with Gasteiger partial charge in [-0.15, -0.1) is 24.8 Å². The van der Waals surface area contributed by atoms with Gasteiger partial charge in [-0.05, 0) is 30.2 Å². The Bertz CT molecular complexity index is 1070. The zero-order valence-electron chi connectivity index (χ0n) is 20.7. The van der Waals surface area contributed by atoms with Crippen LogP contribution in [0.3, 0.4) is 0 Å². The van der Waals surface area contributed by atoms with Crippen molar-refractivity contribution in [2.75, 3.05) is 50.9 Å². The van der Waals surface area contributed by atoms with Gasteiger partial charge in [0.1, 0.15) is 5.75 Å². The Morgan fingerprint density at radius 1 is 0.778 bits per heavy atom. The van der Waals surface area contributed by atoms with Crippen molar-refractivity contribution >= 4 is 36.4 Å². The molecule has 2 heterocycles. The maximum Gasteiger partial charge on any atom is 0.224 e. The number of likely N-dealkylation sites (tertiary alicyclic amines) is 1. The Kier molecular flexibility index (Phi) is 9.66. The van der Waals surface area contributed by atoms with E-state index >= 15 is 0 Å². The van der Waals surface area contributed by atoms with Crippen LogP contribution in [0.5, 0.6) is 5.75 Å². The zero-order valence-corrected chi connectivity index (χ0v) is 22.3. The molecule has 3 aromatic carbocycles. The van der Waals surface area contributed by atoms with Gasteiger partial charge in [-0.3, -0.25) is 9.69 Å². The highest BCUT2D eigenvalue weighted by atomic mass is 35.5. The van der Waals surface area contributed by atoms with Crippen LogP contribution in [0.25, 0.3) is 0 Å². The van der Waals surface area contributed by atoms with E-state index < -0.39 is 0 Å². The normalized spacial score (nSPS) is 17.3. The molecule has 2 saturated heterocycles. The van der Waals surface area contributed by atoms with Gasteiger partial charge in [0.15, 0.2) is 0 Å². The number of carbonyl (C=O) groups is 1. The Balaban J connectivity index is 0.00000180.